The Kier molecular flexibility index (Phi) is 31.0. The summed E-state index contributed by atoms with van der Waals surface area (Å²) in [6, 6.07) is 0. The van der Waals surface area contributed by atoms with E-state index in [2.05, 4.69) is 50.3 Å². The van der Waals surface area contributed by atoms with Crippen molar-refractivity contribution in [1.82, 2.24) is 0 Å². The van der Waals surface area contributed by atoms with E-state index in [1.165, 1.54) is 51.4 Å². The van der Waals surface area contributed by atoms with Gasteiger partial charge in [0.15, 0.2) is 6.10 Å². The average molecular weight is 714 g/mol. The van der Waals surface area contributed by atoms with Crippen LogP contribution < -0.4 is 4.89 Å². The van der Waals surface area contributed by atoms with Gasteiger partial charge < -0.3 is 27.9 Å². The molecule has 0 amide bonds. The van der Waals surface area contributed by atoms with Crippen LogP contribution in [0.25, 0.3) is 0 Å². The summed E-state index contributed by atoms with van der Waals surface area (Å²) in [6.45, 7) is 4.05. The molecule has 2 unspecified atom stereocenters. The quantitative estimate of drug-likeness (QED) is 0.0213. The number of hydrogen-bond donors (Lipinski definition) is 0. The number of rotatable bonds is 34. The van der Waals surface area contributed by atoms with Crippen molar-refractivity contribution in [2.75, 3.05) is 47.5 Å². The van der Waals surface area contributed by atoms with Crippen molar-refractivity contribution in [1.29, 1.82) is 0 Å². The number of esters is 2. The number of ether oxygens (including phenoxy) is 2. The number of allylic oxidation sites excluding steroid dienone is 6. The van der Waals surface area contributed by atoms with E-state index in [1.54, 1.807) is 0 Å². The molecule has 0 aliphatic rings. The van der Waals surface area contributed by atoms with E-state index in [0.29, 0.717) is 17.4 Å². The van der Waals surface area contributed by atoms with E-state index < -0.39 is 32.5 Å². The number of quaternary nitrogens is 1. The molecule has 0 spiro atoms. The van der Waals surface area contributed by atoms with Crippen LogP contribution in [-0.2, 0) is 32.7 Å². The molecule has 10 heteroatoms. The molecule has 0 N–H and O–H groups in total. The first kappa shape index (κ1) is 47.2. The number of unbranched alkanes of at least 4 members (excludes halogenated alkanes) is 14. The second-order valence-electron chi connectivity index (χ2n) is 13.9. The smallest absolute Gasteiger partial charge is 0.306 e. The molecule has 0 fully saturated rings. The van der Waals surface area contributed by atoms with E-state index in [9.17, 15) is 19.0 Å². The summed E-state index contributed by atoms with van der Waals surface area (Å²) in [5.74, 6) is -0.853. The molecule has 9 nitrogen and oxygen atoms in total. The first-order valence-corrected chi connectivity index (χ1v) is 20.7. The maximum absolute atomic E-state index is 12.6. The first-order valence-electron chi connectivity index (χ1n) is 19.2. The molecule has 2 atom stereocenters. The van der Waals surface area contributed by atoms with Crippen molar-refractivity contribution in [3.8, 4) is 0 Å². The predicted molar refractivity (Wildman–Crippen MR) is 199 cm³/mol. The maximum atomic E-state index is 12.6. The minimum atomic E-state index is -4.62. The highest BCUT2D eigenvalue weighted by atomic mass is 31.2. The highest BCUT2D eigenvalue weighted by Crippen LogP contribution is 2.38. The van der Waals surface area contributed by atoms with Gasteiger partial charge in [0.05, 0.1) is 27.7 Å². The molecule has 0 aliphatic heterocycles. The van der Waals surface area contributed by atoms with Gasteiger partial charge in [-0.1, -0.05) is 127 Å². The largest absolute Gasteiger partial charge is 0.756 e. The fourth-order valence-electron chi connectivity index (χ4n) is 4.90. The lowest BCUT2D eigenvalue weighted by Crippen LogP contribution is -2.37. The Hall–Kier alpha value is -1.77. The molecule has 0 aromatic heterocycles. The molecule has 0 heterocycles. The van der Waals surface area contributed by atoms with Gasteiger partial charge in [0.2, 0.25) is 0 Å². The van der Waals surface area contributed by atoms with Gasteiger partial charge in [-0.25, -0.2) is 0 Å². The second kappa shape index (κ2) is 32.2. The number of phosphoric ester groups is 1. The molecular formula is C39H72NO8P. The Labute approximate surface area is 300 Å². The molecule has 0 saturated heterocycles. The van der Waals surface area contributed by atoms with Crippen LogP contribution in [-0.4, -0.2) is 70.0 Å². The van der Waals surface area contributed by atoms with E-state index >= 15 is 0 Å². The van der Waals surface area contributed by atoms with Gasteiger partial charge in [0.25, 0.3) is 7.82 Å². The lowest BCUT2D eigenvalue weighted by atomic mass is 10.1. The van der Waals surface area contributed by atoms with Crippen molar-refractivity contribution in [2.24, 2.45) is 0 Å². The summed E-state index contributed by atoms with van der Waals surface area (Å²) in [7, 11) is 1.15. The average Bonchev–Trinajstić information content (AvgIpc) is 3.04. The van der Waals surface area contributed by atoms with Crippen LogP contribution in [0.1, 0.15) is 149 Å². The van der Waals surface area contributed by atoms with Crippen molar-refractivity contribution in [3.05, 3.63) is 36.5 Å². The minimum Gasteiger partial charge on any atom is -0.756 e. The number of nitrogens with zero attached hydrogens (tertiary/aromatic N) is 1. The van der Waals surface area contributed by atoms with Crippen molar-refractivity contribution in [2.45, 2.75) is 155 Å². The van der Waals surface area contributed by atoms with E-state index in [-0.39, 0.29) is 26.1 Å². The van der Waals surface area contributed by atoms with E-state index in [4.69, 9.17) is 18.5 Å². The maximum Gasteiger partial charge on any atom is 0.306 e. The van der Waals surface area contributed by atoms with E-state index in [0.717, 1.165) is 64.2 Å². The van der Waals surface area contributed by atoms with Crippen LogP contribution in [0.15, 0.2) is 36.5 Å². The summed E-state index contributed by atoms with van der Waals surface area (Å²) >= 11 is 0. The predicted octanol–water partition coefficient (Wildman–Crippen LogP) is 9.55. The summed E-state index contributed by atoms with van der Waals surface area (Å²) in [6.07, 6.45) is 33.2. The topological polar surface area (TPSA) is 111 Å². The molecule has 0 aromatic carbocycles. The van der Waals surface area contributed by atoms with Crippen LogP contribution >= 0.6 is 7.82 Å². The third-order valence-electron chi connectivity index (χ3n) is 7.92. The SMILES string of the molecule is CC/C=C\C/C=C\C/C=C\CCCCCCCCCC(=O)OC(COC(=O)CCCCCCCCCC)COP(=O)([O-])OCC[N+](C)(C)C. The van der Waals surface area contributed by atoms with Crippen LogP contribution in [0.2, 0.25) is 0 Å². The summed E-state index contributed by atoms with van der Waals surface area (Å²) in [4.78, 5) is 37.2. The zero-order valence-corrected chi connectivity index (χ0v) is 32.8. The van der Waals surface area contributed by atoms with Crippen LogP contribution in [0, 0.1) is 0 Å². The zero-order valence-electron chi connectivity index (χ0n) is 31.9. The molecule has 0 saturated carbocycles. The Morgan fingerprint density at radius 3 is 1.73 bits per heavy atom. The number of carbonyl (C=O) groups is 2. The van der Waals surface area contributed by atoms with Crippen molar-refractivity contribution >= 4 is 19.8 Å². The molecule has 0 radical (unpaired) electrons. The van der Waals surface area contributed by atoms with E-state index in [1.807, 2.05) is 21.1 Å². The third kappa shape index (κ3) is 35.8. The highest BCUT2D eigenvalue weighted by Gasteiger charge is 2.21. The normalized spacial score (nSPS) is 14.2. The van der Waals surface area contributed by atoms with Crippen LogP contribution in [0.5, 0.6) is 0 Å². The van der Waals surface area contributed by atoms with Crippen LogP contribution in [0.4, 0.5) is 0 Å². The Bertz CT molecular complexity index is 944. The summed E-state index contributed by atoms with van der Waals surface area (Å²) in [5.41, 5.74) is 0. The van der Waals surface area contributed by atoms with Gasteiger partial charge in [0.1, 0.15) is 19.8 Å². The fraction of sp³-hybridized carbons (Fsp3) is 0.795. The van der Waals surface area contributed by atoms with Crippen LogP contribution in [0.3, 0.4) is 0 Å². The molecule has 0 aliphatic carbocycles. The molecule has 49 heavy (non-hydrogen) atoms. The molecule has 0 rings (SSSR count). The highest BCUT2D eigenvalue weighted by molar-refractivity contribution is 7.45. The van der Waals surface area contributed by atoms with Crippen molar-refractivity contribution < 1.29 is 42.1 Å². The summed E-state index contributed by atoms with van der Waals surface area (Å²) < 4.78 is 33.7. The number of hydrogen-bond acceptors (Lipinski definition) is 8. The molecule has 0 aromatic rings. The minimum absolute atomic E-state index is 0.0329. The standard InChI is InChI=1S/C39H72NO8P/c1-6-8-10-12-14-16-17-18-19-20-21-22-23-24-26-28-30-32-39(42)48-37(36-47-49(43,44)46-34-33-40(3,4)5)35-45-38(41)31-29-27-25-15-13-11-9-7-2/h8,10,14,16,18-19,37H,6-7,9,11-13,15,17,20-36H2,1-5H3/b10-8-,16-14-,19-18-. The van der Waals surface area contributed by atoms with Gasteiger partial charge in [0, 0.05) is 12.8 Å². The number of phosphoric acid groups is 1. The monoisotopic (exact) mass is 713 g/mol. The zero-order chi connectivity index (χ0) is 36.5. The van der Waals surface area contributed by atoms with Crippen molar-refractivity contribution in [3.63, 3.8) is 0 Å². The van der Waals surface area contributed by atoms with Gasteiger partial charge in [-0.3, -0.25) is 14.2 Å². The third-order valence-corrected chi connectivity index (χ3v) is 8.89. The lowest BCUT2D eigenvalue weighted by molar-refractivity contribution is -0.870. The lowest BCUT2D eigenvalue weighted by Gasteiger charge is -2.28. The van der Waals surface area contributed by atoms with Gasteiger partial charge in [-0.05, 0) is 44.9 Å². The van der Waals surface area contributed by atoms with Gasteiger partial charge in [-0.2, -0.15) is 0 Å². The Morgan fingerprint density at radius 2 is 1.16 bits per heavy atom. The molecule has 0 bridgehead atoms. The number of carbonyl (C=O) groups excluding carboxylic acids is 2. The molecule has 286 valence electrons. The van der Waals surface area contributed by atoms with Gasteiger partial charge >= 0.3 is 11.9 Å². The Morgan fingerprint density at radius 1 is 0.653 bits per heavy atom. The molecular weight excluding hydrogens is 641 g/mol. The fourth-order valence-corrected chi connectivity index (χ4v) is 5.63. The summed E-state index contributed by atoms with van der Waals surface area (Å²) in [5, 5.41) is 0. The first-order chi connectivity index (χ1) is 23.5. The second-order valence-corrected chi connectivity index (χ2v) is 15.3. The van der Waals surface area contributed by atoms with Gasteiger partial charge in [-0.15, -0.1) is 0 Å². The number of likely N-dealkylation sites (N-methyl/N-ethyl adjacent to an activating group) is 1. The Balaban J connectivity index is 4.40.